The van der Waals surface area contributed by atoms with Crippen LogP contribution in [0.1, 0.15) is 74.1 Å². The quantitative estimate of drug-likeness (QED) is 0.497. The number of hydrogen-bond donors (Lipinski definition) is 0. The smallest absolute Gasteiger partial charge is 0.243 e. The second-order valence-corrected chi connectivity index (χ2v) is 11.3. The highest BCUT2D eigenvalue weighted by atomic mass is 35.5. The third-order valence-electron chi connectivity index (χ3n) is 6.52. The number of alkyl halides is 1. The molecule has 1 unspecified atom stereocenters. The standard InChI is InChI=1S/C26H33ClN2O2S/c1-26(2,3)19-8-6-18(7-9-19)25-21-13-16-32-22(21)12-15-28(25)24(31)17-29(20-10-11-20)23(30)5-4-14-27/h6-9,13,16,20,25H,4-5,10-12,14-15,17H2,1-3H3. The zero-order valence-electron chi connectivity index (χ0n) is 19.3. The van der Waals surface area contributed by atoms with Crippen molar-refractivity contribution in [2.45, 2.75) is 70.4 Å². The molecule has 1 aromatic heterocycles. The molecule has 6 heteroatoms. The van der Waals surface area contributed by atoms with E-state index in [9.17, 15) is 9.59 Å². The van der Waals surface area contributed by atoms with Crippen LogP contribution in [0.4, 0.5) is 0 Å². The maximum Gasteiger partial charge on any atom is 0.243 e. The summed E-state index contributed by atoms with van der Waals surface area (Å²) in [6.07, 6.45) is 3.93. The molecule has 4 rings (SSSR count). The Labute approximate surface area is 200 Å². The van der Waals surface area contributed by atoms with Crippen LogP contribution in [-0.2, 0) is 21.4 Å². The van der Waals surface area contributed by atoms with E-state index in [1.807, 2.05) is 4.90 Å². The largest absolute Gasteiger partial charge is 0.330 e. The Morgan fingerprint density at radius 1 is 1.16 bits per heavy atom. The van der Waals surface area contributed by atoms with Crippen LogP contribution in [0.15, 0.2) is 35.7 Å². The van der Waals surface area contributed by atoms with Crippen LogP contribution in [-0.4, -0.2) is 46.6 Å². The summed E-state index contributed by atoms with van der Waals surface area (Å²) < 4.78 is 0. The van der Waals surface area contributed by atoms with Crippen molar-refractivity contribution in [1.29, 1.82) is 0 Å². The van der Waals surface area contributed by atoms with Gasteiger partial charge in [0.15, 0.2) is 0 Å². The second kappa shape index (κ2) is 9.56. The number of nitrogens with zero attached hydrogens (tertiary/aromatic N) is 2. The van der Waals surface area contributed by atoms with Gasteiger partial charge in [0.1, 0.15) is 6.54 Å². The minimum Gasteiger partial charge on any atom is -0.330 e. The Kier molecular flexibility index (Phi) is 6.97. The second-order valence-electron chi connectivity index (χ2n) is 9.96. The summed E-state index contributed by atoms with van der Waals surface area (Å²) in [5, 5.41) is 2.13. The SMILES string of the molecule is CC(C)(C)c1ccc(C2c3ccsc3CCN2C(=O)CN(C(=O)CCCCl)C2CC2)cc1. The number of hydrogen-bond acceptors (Lipinski definition) is 3. The van der Waals surface area contributed by atoms with E-state index in [-0.39, 0.29) is 35.9 Å². The van der Waals surface area contributed by atoms with E-state index in [0.29, 0.717) is 25.3 Å². The minimum absolute atomic E-state index is 0.0397. The van der Waals surface area contributed by atoms with E-state index >= 15 is 0 Å². The molecule has 1 aliphatic heterocycles. The number of fused-ring (bicyclic) bond motifs is 1. The van der Waals surface area contributed by atoms with Gasteiger partial charge in [-0.3, -0.25) is 9.59 Å². The van der Waals surface area contributed by atoms with Gasteiger partial charge in [-0.25, -0.2) is 0 Å². The lowest BCUT2D eigenvalue weighted by atomic mass is 9.85. The van der Waals surface area contributed by atoms with Crippen LogP contribution in [0.3, 0.4) is 0 Å². The molecule has 0 N–H and O–H groups in total. The molecule has 0 spiro atoms. The summed E-state index contributed by atoms with van der Waals surface area (Å²) in [7, 11) is 0. The zero-order valence-corrected chi connectivity index (χ0v) is 20.8. The molecule has 2 aliphatic rings. The molecule has 1 aliphatic carbocycles. The van der Waals surface area contributed by atoms with Crippen LogP contribution in [0.5, 0.6) is 0 Å². The summed E-state index contributed by atoms with van der Waals surface area (Å²) in [5.74, 6) is 0.566. The van der Waals surface area contributed by atoms with Crippen LogP contribution in [0.25, 0.3) is 0 Å². The van der Waals surface area contributed by atoms with E-state index < -0.39 is 0 Å². The fourth-order valence-electron chi connectivity index (χ4n) is 4.52. The predicted molar refractivity (Wildman–Crippen MR) is 131 cm³/mol. The molecule has 2 heterocycles. The molecule has 4 nitrogen and oxygen atoms in total. The van der Waals surface area contributed by atoms with Crippen LogP contribution >= 0.6 is 22.9 Å². The zero-order chi connectivity index (χ0) is 22.9. The van der Waals surface area contributed by atoms with E-state index in [0.717, 1.165) is 24.8 Å². The first-order valence-corrected chi connectivity index (χ1v) is 13.0. The Balaban J connectivity index is 1.59. The van der Waals surface area contributed by atoms with Gasteiger partial charge < -0.3 is 9.80 Å². The Bertz CT molecular complexity index is 959. The van der Waals surface area contributed by atoms with Gasteiger partial charge in [-0.05, 0) is 59.2 Å². The number of amides is 2. The Morgan fingerprint density at radius 3 is 2.50 bits per heavy atom. The minimum atomic E-state index is -0.0921. The van der Waals surface area contributed by atoms with Crippen molar-refractivity contribution in [3.8, 4) is 0 Å². The van der Waals surface area contributed by atoms with Crippen LogP contribution in [0.2, 0.25) is 0 Å². The Hall–Kier alpha value is -1.85. The van der Waals surface area contributed by atoms with Crippen molar-refractivity contribution in [2.75, 3.05) is 19.0 Å². The normalized spacial score (nSPS) is 18.4. The molecule has 0 radical (unpaired) electrons. The summed E-state index contributed by atoms with van der Waals surface area (Å²) >= 11 is 7.56. The van der Waals surface area contributed by atoms with Crippen molar-refractivity contribution in [3.63, 3.8) is 0 Å². The molecular formula is C26H33ClN2O2S. The van der Waals surface area contributed by atoms with Crippen molar-refractivity contribution < 1.29 is 9.59 Å². The number of carbonyl (C=O) groups is 2. The average molecular weight is 473 g/mol. The molecule has 32 heavy (non-hydrogen) atoms. The van der Waals surface area contributed by atoms with Gasteiger partial charge in [0.2, 0.25) is 11.8 Å². The lowest BCUT2D eigenvalue weighted by Crippen LogP contribution is -2.47. The topological polar surface area (TPSA) is 40.6 Å². The first-order chi connectivity index (χ1) is 15.3. The molecule has 2 amide bonds. The van der Waals surface area contributed by atoms with E-state index in [2.05, 4.69) is 56.5 Å². The lowest BCUT2D eigenvalue weighted by molar-refractivity contribution is -0.142. The number of benzene rings is 1. The lowest BCUT2D eigenvalue weighted by Gasteiger charge is -2.38. The maximum atomic E-state index is 13.6. The van der Waals surface area contributed by atoms with Gasteiger partial charge in [0, 0.05) is 29.8 Å². The monoisotopic (exact) mass is 472 g/mol. The average Bonchev–Trinajstić information content (AvgIpc) is 3.50. The molecule has 172 valence electrons. The fraction of sp³-hybridized carbons (Fsp3) is 0.538. The highest BCUT2D eigenvalue weighted by Gasteiger charge is 2.38. The van der Waals surface area contributed by atoms with Gasteiger partial charge in [0.05, 0.1) is 6.04 Å². The van der Waals surface area contributed by atoms with Crippen molar-refractivity contribution in [3.05, 3.63) is 57.3 Å². The van der Waals surface area contributed by atoms with Crippen molar-refractivity contribution in [1.82, 2.24) is 9.80 Å². The van der Waals surface area contributed by atoms with Crippen LogP contribution < -0.4 is 0 Å². The highest BCUT2D eigenvalue weighted by molar-refractivity contribution is 7.10. The van der Waals surface area contributed by atoms with Gasteiger partial charge in [0.25, 0.3) is 0 Å². The summed E-state index contributed by atoms with van der Waals surface area (Å²) in [5.41, 5.74) is 3.73. The summed E-state index contributed by atoms with van der Waals surface area (Å²) in [6.45, 7) is 7.49. The molecule has 0 saturated heterocycles. The van der Waals surface area contributed by atoms with Gasteiger partial charge in [-0.2, -0.15) is 0 Å². The third-order valence-corrected chi connectivity index (χ3v) is 7.78. The van der Waals surface area contributed by atoms with Gasteiger partial charge in [-0.1, -0.05) is 45.0 Å². The van der Waals surface area contributed by atoms with Gasteiger partial charge >= 0.3 is 0 Å². The van der Waals surface area contributed by atoms with Crippen molar-refractivity contribution in [2.24, 2.45) is 0 Å². The summed E-state index contributed by atoms with van der Waals surface area (Å²) in [6, 6.07) is 11.0. The maximum absolute atomic E-state index is 13.6. The Morgan fingerprint density at radius 2 is 1.88 bits per heavy atom. The fourth-order valence-corrected chi connectivity index (χ4v) is 5.55. The number of rotatable bonds is 7. The number of thiophene rings is 1. The van der Waals surface area contributed by atoms with E-state index in [1.165, 1.54) is 16.0 Å². The van der Waals surface area contributed by atoms with Gasteiger partial charge in [-0.15, -0.1) is 22.9 Å². The summed E-state index contributed by atoms with van der Waals surface area (Å²) in [4.78, 5) is 31.5. The number of carbonyl (C=O) groups excluding carboxylic acids is 2. The first kappa shape index (κ1) is 23.3. The van der Waals surface area contributed by atoms with Crippen molar-refractivity contribution >= 4 is 34.8 Å². The predicted octanol–water partition coefficient (Wildman–Crippen LogP) is 5.53. The molecule has 2 aromatic rings. The molecule has 1 saturated carbocycles. The first-order valence-electron chi connectivity index (χ1n) is 11.6. The highest BCUT2D eigenvalue weighted by Crippen LogP contribution is 2.39. The molecule has 0 bridgehead atoms. The number of halogens is 1. The molecule has 1 atom stereocenters. The third kappa shape index (κ3) is 5.04. The molecular weight excluding hydrogens is 440 g/mol. The van der Waals surface area contributed by atoms with E-state index in [1.54, 1.807) is 16.2 Å². The van der Waals surface area contributed by atoms with E-state index in [4.69, 9.17) is 11.6 Å². The molecule has 1 fully saturated rings. The molecule has 1 aromatic carbocycles. The van der Waals surface area contributed by atoms with Crippen LogP contribution in [0, 0.1) is 0 Å².